The van der Waals surface area contributed by atoms with Gasteiger partial charge < -0.3 is 118 Å². The number of hydrogen-bond acceptors (Lipinski definition) is 23. The van der Waals surface area contributed by atoms with Gasteiger partial charge in [0.05, 0.1) is 51.7 Å². The number of aliphatic hydroxyl groups is 6. The fourth-order valence-corrected chi connectivity index (χ4v) is 9.13. The van der Waals surface area contributed by atoms with Crippen molar-refractivity contribution in [2.24, 2.45) is 5.73 Å². The van der Waals surface area contributed by atoms with E-state index in [1.165, 1.54) is 38.1 Å². The Morgan fingerprint density at radius 1 is 0.557 bits per heavy atom. The van der Waals surface area contributed by atoms with E-state index in [1.54, 1.807) is 13.8 Å². The largest absolute Gasteiger partial charge is 0.508 e. The molecule has 4 unspecified atom stereocenters. The van der Waals surface area contributed by atoms with E-state index in [4.69, 9.17) is 29.4 Å². The molecule has 0 aliphatic carbocycles. The van der Waals surface area contributed by atoms with Gasteiger partial charge in [-0.1, -0.05) is 31.4 Å². The van der Waals surface area contributed by atoms with Gasteiger partial charge in [0.1, 0.15) is 72.8 Å². The second-order valence-electron chi connectivity index (χ2n) is 21.0. The molecular weight excluding hydrogens is 1170 g/mol. The summed E-state index contributed by atoms with van der Waals surface area (Å²) in [6.07, 6.45) is -9.14. The number of phenols is 1. The Bertz CT molecular complexity index is 2380. The van der Waals surface area contributed by atoms with Gasteiger partial charge in [-0.25, -0.2) is 0 Å². The lowest BCUT2D eigenvalue weighted by atomic mass is 9.97. The van der Waals surface area contributed by atoms with Gasteiger partial charge in [0.15, 0.2) is 12.6 Å². The zero-order valence-corrected chi connectivity index (χ0v) is 50.1. The molecule has 88 heavy (non-hydrogen) atoms. The third-order valence-corrected chi connectivity index (χ3v) is 13.7. The highest BCUT2D eigenvalue weighted by molar-refractivity contribution is 5.97. The topological polar surface area (TPSA) is 505 Å². The van der Waals surface area contributed by atoms with Crippen molar-refractivity contribution in [3.63, 3.8) is 0 Å². The first-order valence-corrected chi connectivity index (χ1v) is 29.3. The number of unbranched alkanes of at least 4 members (excludes halogenated alkanes) is 5. The van der Waals surface area contributed by atoms with Crippen LogP contribution in [0.4, 0.5) is 0 Å². The third kappa shape index (κ3) is 27.7. The fraction of sp³-hybridized carbons (Fsp3) is 0.709. The van der Waals surface area contributed by atoms with Crippen molar-refractivity contribution in [3.8, 4) is 5.75 Å². The number of phenolic OH excluding ortho intramolecular Hbond substituents is 1. The van der Waals surface area contributed by atoms with Crippen LogP contribution in [0.5, 0.6) is 5.75 Å². The highest BCUT2D eigenvalue weighted by Gasteiger charge is 2.46. The van der Waals surface area contributed by atoms with E-state index in [2.05, 4.69) is 53.2 Å². The van der Waals surface area contributed by atoms with Gasteiger partial charge in [-0.2, -0.15) is 0 Å². The molecule has 1 aromatic rings. The number of carbonyl (C=O) groups excluding carboxylic acids is 10. The lowest BCUT2D eigenvalue weighted by Crippen LogP contribution is -2.64. The number of likely N-dealkylation sites (N-methyl/N-ethyl adjacent to an activating group) is 1. The van der Waals surface area contributed by atoms with Crippen LogP contribution >= 0.6 is 0 Å². The summed E-state index contributed by atoms with van der Waals surface area (Å²) in [5.74, 6) is -7.91. The van der Waals surface area contributed by atoms with Crippen molar-refractivity contribution < 1.29 is 107 Å². The molecule has 1 aromatic carbocycles. The number of nitrogens with two attached hydrogens (primary N) is 1. The van der Waals surface area contributed by atoms with Crippen molar-refractivity contribution in [2.45, 2.75) is 184 Å². The molecular formula is C55H91N11O22. The minimum atomic E-state index is -1.76. The molecule has 0 aromatic heterocycles. The van der Waals surface area contributed by atoms with Crippen LogP contribution < -0.4 is 58.9 Å². The second kappa shape index (κ2) is 40.7. The smallest absolute Gasteiger partial charge is 0.243 e. The van der Waals surface area contributed by atoms with E-state index in [0.717, 1.165) is 0 Å². The third-order valence-electron chi connectivity index (χ3n) is 13.7. The fourth-order valence-electron chi connectivity index (χ4n) is 9.13. The molecule has 0 spiro atoms. The van der Waals surface area contributed by atoms with Crippen LogP contribution in [0.15, 0.2) is 24.3 Å². The van der Waals surface area contributed by atoms with Gasteiger partial charge in [-0.3, -0.25) is 47.9 Å². The lowest BCUT2D eigenvalue weighted by molar-refractivity contribution is -0.270. The summed E-state index contributed by atoms with van der Waals surface area (Å²) in [7, 11) is 0. The number of amides is 10. The monoisotopic (exact) mass is 1260 g/mol. The maximum Gasteiger partial charge on any atom is 0.243 e. The zero-order chi connectivity index (χ0) is 65.3. The van der Waals surface area contributed by atoms with E-state index in [1.807, 2.05) is 0 Å². The molecule has 10 amide bonds. The van der Waals surface area contributed by atoms with E-state index in [-0.39, 0.29) is 51.5 Å². The number of hydrogen-bond donors (Lipinski definition) is 18. The molecule has 0 saturated carbocycles. The predicted octanol–water partition coefficient (Wildman–Crippen LogP) is -6.87. The summed E-state index contributed by atoms with van der Waals surface area (Å²) in [5.41, 5.74) is 6.69. The van der Waals surface area contributed by atoms with Crippen molar-refractivity contribution in [2.75, 3.05) is 65.8 Å². The molecule has 2 aliphatic heterocycles. The number of carbonyl (C=O) groups is 10. The first-order valence-electron chi connectivity index (χ1n) is 29.3. The summed E-state index contributed by atoms with van der Waals surface area (Å²) >= 11 is 0. The van der Waals surface area contributed by atoms with Gasteiger partial charge in [-0.15, -0.1) is 0 Å². The van der Waals surface area contributed by atoms with E-state index in [9.17, 15) is 83.7 Å². The highest BCUT2D eigenvalue weighted by atomic mass is 16.7. The summed E-state index contributed by atoms with van der Waals surface area (Å²) < 4.78 is 28.3. The number of nitrogens with one attached hydrogen (secondary N) is 10. The summed E-state index contributed by atoms with van der Waals surface area (Å²) in [4.78, 5) is 129. The van der Waals surface area contributed by atoms with Gasteiger partial charge in [0.2, 0.25) is 59.1 Å². The highest BCUT2D eigenvalue weighted by Crippen LogP contribution is 2.24. The van der Waals surface area contributed by atoms with Crippen LogP contribution in [0.3, 0.4) is 0 Å². The van der Waals surface area contributed by atoms with Gasteiger partial charge >= 0.3 is 0 Å². The SMILES string of the molecule is CCNC(=O)CNC(=O)C(CC(=O)NC(CC(=O)NCC(=O)NCCCCCCO[C@@H]1O[C@H](CO)[C@H](O)[C@H](O)[C@H]1NC(C)=O)C(=O)NCC(=O)NC(CCCCCO[C@@H]1O[C@H](CO)[C@H](O)[C@H](O)[C@H]1NC(C)=O)OCC)NC(=O)C(N)Cc1ccc(O)cc1. The molecule has 498 valence electrons. The maximum absolute atomic E-state index is 13.8. The Labute approximate surface area is 509 Å². The number of ether oxygens (including phenoxy) is 5. The van der Waals surface area contributed by atoms with Crippen molar-refractivity contribution in [1.29, 1.82) is 0 Å². The van der Waals surface area contributed by atoms with Crippen LogP contribution in [0, 0.1) is 0 Å². The molecule has 2 heterocycles. The Kier molecular flexibility index (Phi) is 34.9. The molecule has 3 rings (SSSR count). The quantitative estimate of drug-likeness (QED) is 0.0214. The minimum Gasteiger partial charge on any atom is -0.508 e. The number of aromatic hydroxyl groups is 1. The van der Waals surface area contributed by atoms with Crippen LogP contribution in [0.2, 0.25) is 0 Å². The average Bonchev–Trinajstić information content (AvgIpc) is 2.28. The normalized spacial score (nSPS) is 22.9. The Hall–Kier alpha value is -6.76. The van der Waals surface area contributed by atoms with Crippen LogP contribution in [-0.2, 0) is 78.1 Å². The molecule has 2 saturated heterocycles. The van der Waals surface area contributed by atoms with E-state index < -0.39 is 190 Å². The number of benzene rings is 1. The molecule has 19 N–H and O–H groups in total. The Morgan fingerprint density at radius 3 is 1.57 bits per heavy atom. The van der Waals surface area contributed by atoms with Crippen LogP contribution in [0.25, 0.3) is 0 Å². The molecule has 0 radical (unpaired) electrons. The van der Waals surface area contributed by atoms with Crippen molar-refractivity contribution >= 4 is 59.1 Å². The van der Waals surface area contributed by atoms with E-state index in [0.29, 0.717) is 50.5 Å². The van der Waals surface area contributed by atoms with Gasteiger partial charge in [0.25, 0.3) is 0 Å². The summed E-state index contributed by atoms with van der Waals surface area (Å²) in [6.45, 7) is 3.56. The standard InChI is InChI=1S/C55H91N11O22/c1-5-57-41(74)26-60-53(83)36(65-51(81)34(56)22-32-15-17-33(71)18-16-32)24-40(73)64-35(23-39(72)59-25-42(75)58-19-11-7-8-12-20-85-54-45(62-30(3)69)49(79)47(77)37(28-67)87-54)52(82)61-27-43(76)66-44(84-6-2)14-10-9-13-21-86-55-46(63-31(4)70)50(80)48(78)38(29-68)88-55/h15-18,34-38,44-50,54-55,67-68,71,77-80H,5-14,19-29,56H2,1-4H3,(H,57,74)(H,58,75)(H,59,72)(H,60,83)(H,61,82)(H,62,69)(H,63,70)(H,64,73)(H,65,81)(H,66,76)/t34?,35?,36?,37-,38-,44?,45-,46-,47+,48+,49-,50-,54-,55-/m1/s1. The Balaban J connectivity index is 1.63. The molecule has 14 atom stereocenters. The Morgan fingerprint density at radius 2 is 1.05 bits per heavy atom. The van der Waals surface area contributed by atoms with Crippen LogP contribution in [-0.4, -0.2) is 246 Å². The zero-order valence-electron chi connectivity index (χ0n) is 50.1. The lowest BCUT2D eigenvalue weighted by Gasteiger charge is -2.42. The summed E-state index contributed by atoms with van der Waals surface area (Å²) in [6, 6.07) is -1.14. The van der Waals surface area contributed by atoms with Crippen molar-refractivity contribution in [1.82, 2.24) is 53.2 Å². The number of aliphatic hydroxyl groups excluding tert-OH is 6. The average molecular weight is 1260 g/mol. The number of rotatable bonds is 40. The molecule has 2 aliphatic rings. The van der Waals surface area contributed by atoms with Crippen LogP contribution in [0.1, 0.15) is 97.5 Å². The molecule has 2 fully saturated rings. The first kappa shape index (κ1) is 75.5. The van der Waals surface area contributed by atoms with Gasteiger partial charge in [0, 0.05) is 46.8 Å². The first-order chi connectivity index (χ1) is 41.9. The van der Waals surface area contributed by atoms with E-state index >= 15 is 0 Å². The molecule has 33 heteroatoms. The molecule has 0 bridgehead atoms. The summed E-state index contributed by atoms with van der Waals surface area (Å²) in [5, 5.41) is 94.8. The van der Waals surface area contributed by atoms with Crippen molar-refractivity contribution in [3.05, 3.63) is 29.8 Å². The second-order valence-corrected chi connectivity index (χ2v) is 21.0. The minimum absolute atomic E-state index is 0.0368. The predicted molar refractivity (Wildman–Crippen MR) is 307 cm³/mol. The van der Waals surface area contributed by atoms with Gasteiger partial charge in [-0.05, 0) is 70.1 Å². The maximum atomic E-state index is 13.8. The molecule has 33 nitrogen and oxygen atoms in total.